The summed E-state index contributed by atoms with van der Waals surface area (Å²) < 4.78 is 32.2. The summed E-state index contributed by atoms with van der Waals surface area (Å²) in [4.78, 5) is 2.54. The number of aromatic amines is 1. The minimum Gasteiger partial charge on any atom is -0.490 e. The zero-order valence-corrected chi connectivity index (χ0v) is 16.9. The molecule has 0 amide bonds. The van der Waals surface area contributed by atoms with Crippen molar-refractivity contribution >= 4 is 9.84 Å². The van der Waals surface area contributed by atoms with Gasteiger partial charge in [-0.2, -0.15) is 5.10 Å². The van der Waals surface area contributed by atoms with E-state index in [9.17, 15) is 8.42 Å². The first-order chi connectivity index (χ1) is 12.8. The number of aryl methyl sites for hydroxylation is 3. The lowest BCUT2D eigenvalue weighted by Crippen LogP contribution is -2.48. The maximum absolute atomic E-state index is 13.0. The molecule has 2 aromatic rings. The summed E-state index contributed by atoms with van der Waals surface area (Å²) in [6, 6.07) is 8.65. The Bertz CT molecular complexity index is 904. The first kappa shape index (κ1) is 18.5. The van der Waals surface area contributed by atoms with Crippen LogP contribution in [0.3, 0.4) is 0 Å². The standard InChI is InChI=1S/C20H27N3O3S/c1-13-5-4-6-18(9-13)26-19-10-16-7-8-17(11-19)23(16)12-27(24,25)20-14(2)21-22-15(20)3/h4-6,9,16-17,19H,7-8,10-12H2,1-3H3,(H,21,22)/t16-,17+,19-. The number of rotatable bonds is 5. The zero-order chi connectivity index (χ0) is 19.2. The van der Waals surface area contributed by atoms with E-state index in [4.69, 9.17) is 4.74 Å². The van der Waals surface area contributed by atoms with Crippen molar-refractivity contribution in [2.45, 2.75) is 69.5 Å². The van der Waals surface area contributed by atoms with Crippen molar-refractivity contribution in [1.29, 1.82) is 0 Å². The Hall–Kier alpha value is -1.86. The van der Waals surface area contributed by atoms with E-state index in [1.54, 1.807) is 13.8 Å². The second kappa shape index (κ2) is 6.95. The third-order valence-corrected chi connectivity index (χ3v) is 7.69. The van der Waals surface area contributed by atoms with Crippen molar-refractivity contribution in [3.63, 3.8) is 0 Å². The van der Waals surface area contributed by atoms with Crippen molar-refractivity contribution in [2.75, 3.05) is 5.88 Å². The van der Waals surface area contributed by atoms with Gasteiger partial charge in [0.25, 0.3) is 0 Å². The largest absolute Gasteiger partial charge is 0.490 e. The van der Waals surface area contributed by atoms with Gasteiger partial charge >= 0.3 is 0 Å². The number of hydrogen-bond acceptors (Lipinski definition) is 5. The van der Waals surface area contributed by atoms with Gasteiger partial charge in [0.1, 0.15) is 22.6 Å². The minimum atomic E-state index is -3.39. The number of ether oxygens (including phenoxy) is 1. The van der Waals surface area contributed by atoms with Gasteiger partial charge in [-0.25, -0.2) is 8.42 Å². The second-order valence-corrected chi connectivity index (χ2v) is 9.83. The Labute approximate surface area is 160 Å². The highest BCUT2D eigenvalue weighted by Gasteiger charge is 2.43. The van der Waals surface area contributed by atoms with Crippen LogP contribution in [0.1, 0.15) is 42.6 Å². The summed E-state index contributed by atoms with van der Waals surface area (Å²) >= 11 is 0. The quantitative estimate of drug-likeness (QED) is 0.850. The molecule has 4 rings (SSSR count). The van der Waals surface area contributed by atoms with Crippen LogP contribution in [0.2, 0.25) is 0 Å². The van der Waals surface area contributed by atoms with Gasteiger partial charge in [-0.05, 0) is 64.2 Å². The monoisotopic (exact) mass is 389 g/mol. The number of fused-ring (bicyclic) bond motifs is 2. The average Bonchev–Trinajstić information content (AvgIpc) is 3.03. The van der Waals surface area contributed by atoms with Gasteiger partial charge in [-0.15, -0.1) is 0 Å². The molecule has 2 aliphatic heterocycles. The highest BCUT2D eigenvalue weighted by atomic mass is 32.2. The van der Waals surface area contributed by atoms with Crippen molar-refractivity contribution < 1.29 is 13.2 Å². The Balaban J connectivity index is 1.47. The first-order valence-corrected chi connectivity index (χ1v) is 11.2. The molecule has 1 N–H and O–H groups in total. The van der Waals surface area contributed by atoms with Crippen molar-refractivity contribution in [1.82, 2.24) is 15.1 Å². The van der Waals surface area contributed by atoms with Crippen LogP contribution in [-0.4, -0.2) is 47.6 Å². The molecule has 7 heteroatoms. The van der Waals surface area contributed by atoms with Gasteiger partial charge in [-0.3, -0.25) is 10.00 Å². The molecule has 2 aliphatic rings. The molecule has 0 spiro atoms. The number of aromatic nitrogens is 2. The SMILES string of the molecule is Cc1cccc(O[C@@H]2C[C@H]3CC[C@@H](C2)N3CS(=O)(=O)c2c(C)n[nH]c2C)c1. The van der Waals surface area contributed by atoms with Crippen LogP contribution in [0.4, 0.5) is 0 Å². The van der Waals surface area contributed by atoms with Gasteiger partial charge in [-0.1, -0.05) is 12.1 Å². The van der Waals surface area contributed by atoms with E-state index in [2.05, 4.69) is 34.2 Å². The molecule has 2 bridgehead atoms. The number of piperidine rings is 1. The topological polar surface area (TPSA) is 75.3 Å². The summed E-state index contributed by atoms with van der Waals surface area (Å²) in [5.74, 6) is 0.978. The number of benzene rings is 1. The van der Waals surface area contributed by atoms with Gasteiger partial charge in [0, 0.05) is 12.1 Å². The van der Waals surface area contributed by atoms with Gasteiger partial charge in [0.05, 0.1) is 11.4 Å². The second-order valence-electron chi connectivity index (χ2n) is 7.93. The van der Waals surface area contributed by atoms with Crippen molar-refractivity contribution in [3.05, 3.63) is 41.2 Å². The van der Waals surface area contributed by atoms with Crippen LogP contribution < -0.4 is 4.74 Å². The Morgan fingerprint density at radius 3 is 2.48 bits per heavy atom. The predicted octanol–water partition coefficient (Wildman–Crippen LogP) is 3.14. The van der Waals surface area contributed by atoms with E-state index < -0.39 is 9.84 Å². The van der Waals surface area contributed by atoms with Crippen LogP contribution in [0.25, 0.3) is 0 Å². The normalized spacial score (nSPS) is 25.7. The summed E-state index contributed by atoms with van der Waals surface area (Å²) in [5, 5.41) is 6.84. The molecular formula is C20H27N3O3S. The molecule has 2 saturated heterocycles. The van der Waals surface area contributed by atoms with Gasteiger partial charge in [0.15, 0.2) is 9.84 Å². The molecule has 3 atom stereocenters. The average molecular weight is 390 g/mol. The summed E-state index contributed by atoms with van der Waals surface area (Å²) in [7, 11) is -3.39. The van der Waals surface area contributed by atoms with E-state index >= 15 is 0 Å². The molecule has 0 aliphatic carbocycles. The molecule has 1 aromatic carbocycles. The fraction of sp³-hybridized carbons (Fsp3) is 0.550. The lowest BCUT2D eigenvalue weighted by atomic mass is 10.0. The molecule has 27 heavy (non-hydrogen) atoms. The molecule has 1 aromatic heterocycles. The first-order valence-electron chi connectivity index (χ1n) is 9.57. The van der Waals surface area contributed by atoms with E-state index in [1.165, 1.54) is 5.56 Å². The van der Waals surface area contributed by atoms with Crippen molar-refractivity contribution in [2.24, 2.45) is 0 Å². The number of H-pyrrole nitrogens is 1. The predicted molar refractivity (Wildman–Crippen MR) is 104 cm³/mol. The minimum absolute atomic E-state index is 0.0702. The molecule has 0 saturated carbocycles. The van der Waals surface area contributed by atoms with Crippen LogP contribution >= 0.6 is 0 Å². The molecule has 0 radical (unpaired) electrons. The van der Waals surface area contributed by atoms with Gasteiger partial charge < -0.3 is 4.74 Å². The lowest BCUT2D eigenvalue weighted by Gasteiger charge is -2.38. The highest BCUT2D eigenvalue weighted by Crippen LogP contribution is 2.38. The van der Waals surface area contributed by atoms with E-state index in [-0.39, 0.29) is 24.1 Å². The molecule has 0 unspecified atom stereocenters. The highest BCUT2D eigenvalue weighted by molar-refractivity contribution is 7.91. The molecular weight excluding hydrogens is 362 g/mol. The van der Waals surface area contributed by atoms with Crippen LogP contribution in [0.15, 0.2) is 29.2 Å². The smallest absolute Gasteiger partial charge is 0.195 e. The van der Waals surface area contributed by atoms with Gasteiger partial charge in [0.2, 0.25) is 0 Å². The van der Waals surface area contributed by atoms with Crippen LogP contribution in [-0.2, 0) is 9.84 Å². The lowest BCUT2D eigenvalue weighted by molar-refractivity contribution is 0.0609. The van der Waals surface area contributed by atoms with Crippen LogP contribution in [0.5, 0.6) is 5.75 Å². The Kier molecular flexibility index (Phi) is 4.76. The fourth-order valence-electron chi connectivity index (χ4n) is 4.67. The maximum Gasteiger partial charge on any atom is 0.195 e. The third-order valence-electron chi connectivity index (χ3n) is 5.82. The van der Waals surface area contributed by atoms with E-state index in [0.717, 1.165) is 31.4 Å². The number of nitrogens with one attached hydrogen (secondary N) is 1. The van der Waals surface area contributed by atoms with E-state index in [0.29, 0.717) is 16.3 Å². The zero-order valence-electron chi connectivity index (χ0n) is 16.1. The Morgan fingerprint density at radius 2 is 1.89 bits per heavy atom. The molecule has 146 valence electrons. The summed E-state index contributed by atoms with van der Waals surface area (Å²) in [6.45, 7) is 5.57. The Morgan fingerprint density at radius 1 is 1.19 bits per heavy atom. The van der Waals surface area contributed by atoms with Crippen molar-refractivity contribution in [3.8, 4) is 5.75 Å². The van der Waals surface area contributed by atoms with Crippen LogP contribution in [0, 0.1) is 20.8 Å². The third kappa shape index (κ3) is 3.62. The number of sulfone groups is 1. The number of nitrogens with zero attached hydrogens (tertiary/aromatic N) is 2. The summed E-state index contributed by atoms with van der Waals surface area (Å²) in [5.41, 5.74) is 2.36. The molecule has 6 nitrogen and oxygen atoms in total. The molecule has 2 fully saturated rings. The fourth-order valence-corrected chi connectivity index (χ4v) is 6.62. The summed E-state index contributed by atoms with van der Waals surface area (Å²) in [6.07, 6.45) is 3.99. The van der Waals surface area contributed by atoms with E-state index in [1.807, 2.05) is 12.1 Å². The number of hydrogen-bond donors (Lipinski definition) is 1. The maximum atomic E-state index is 13.0. The molecule has 3 heterocycles.